The molecule has 0 spiro atoms. The molecule has 7 nitrogen and oxygen atoms in total. The van der Waals surface area contributed by atoms with E-state index in [1.165, 1.54) is 16.2 Å². The van der Waals surface area contributed by atoms with Gasteiger partial charge in [0.15, 0.2) is 5.01 Å². The third-order valence-corrected chi connectivity index (χ3v) is 6.18. The van der Waals surface area contributed by atoms with Crippen molar-refractivity contribution in [1.82, 2.24) is 15.1 Å². The fraction of sp³-hybridized carbons (Fsp3) is 0.105. The highest BCUT2D eigenvalue weighted by atomic mass is 35.5. The molecule has 146 valence electrons. The summed E-state index contributed by atoms with van der Waals surface area (Å²) in [5.74, 6) is -0.429. The molecule has 0 radical (unpaired) electrons. The predicted molar refractivity (Wildman–Crippen MR) is 113 cm³/mol. The lowest BCUT2D eigenvalue weighted by molar-refractivity contribution is -0.125. The van der Waals surface area contributed by atoms with Crippen LogP contribution in [0.3, 0.4) is 0 Å². The molecule has 1 saturated heterocycles. The Morgan fingerprint density at radius 1 is 1.14 bits per heavy atom. The summed E-state index contributed by atoms with van der Waals surface area (Å²) in [6.45, 7) is 0.140. The minimum absolute atomic E-state index is 0.140. The first-order chi connectivity index (χ1) is 14.0. The van der Waals surface area contributed by atoms with Crippen LogP contribution in [0.4, 0.5) is 9.93 Å². The van der Waals surface area contributed by atoms with Crippen LogP contribution in [-0.4, -0.2) is 37.9 Å². The zero-order valence-corrected chi connectivity index (χ0v) is 17.2. The van der Waals surface area contributed by atoms with Gasteiger partial charge in [-0.05, 0) is 23.8 Å². The molecule has 3 amide bonds. The second kappa shape index (κ2) is 8.32. The standard InChI is InChI=1S/C19H13ClN4O3S2/c20-14-7-2-1-6-13(14)17-22-23-18(29-17)21-16(26)12-5-3-4-11(8-12)9-24-15(25)10-28-19(24)27/h1-8H,9-10H2,(H,21,23,26). The number of benzene rings is 2. The molecule has 0 aliphatic carbocycles. The lowest BCUT2D eigenvalue weighted by Crippen LogP contribution is -2.28. The van der Waals surface area contributed by atoms with Crippen LogP contribution in [0.25, 0.3) is 10.6 Å². The van der Waals surface area contributed by atoms with Gasteiger partial charge in [0.25, 0.3) is 11.1 Å². The van der Waals surface area contributed by atoms with Crippen molar-refractivity contribution in [2.24, 2.45) is 0 Å². The molecular formula is C19H13ClN4O3S2. The van der Waals surface area contributed by atoms with E-state index < -0.39 is 0 Å². The first-order valence-corrected chi connectivity index (χ1v) is 10.6. The largest absolute Gasteiger partial charge is 0.296 e. The van der Waals surface area contributed by atoms with E-state index in [1.54, 1.807) is 30.3 Å². The number of nitrogens with zero attached hydrogens (tertiary/aromatic N) is 3. The Labute approximate surface area is 179 Å². The molecular weight excluding hydrogens is 432 g/mol. The summed E-state index contributed by atoms with van der Waals surface area (Å²) in [6, 6.07) is 14.0. The zero-order chi connectivity index (χ0) is 20.4. The summed E-state index contributed by atoms with van der Waals surface area (Å²) in [7, 11) is 0. The Morgan fingerprint density at radius 2 is 1.97 bits per heavy atom. The van der Waals surface area contributed by atoms with E-state index in [0.29, 0.717) is 26.3 Å². The minimum Gasteiger partial charge on any atom is -0.296 e. The Morgan fingerprint density at radius 3 is 2.72 bits per heavy atom. The maximum absolute atomic E-state index is 12.6. The van der Waals surface area contributed by atoms with E-state index in [2.05, 4.69) is 15.5 Å². The molecule has 0 saturated carbocycles. The smallest absolute Gasteiger partial charge is 0.289 e. The molecule has 29 heavy (non-hydrogen) atoms. The van der Waals surface area contributed by atoms with E-state index in [4.69, 9.17) is 11.6 Å². The average Bonchev–Trinajstić information content (AvgIpc) is 3.30. The van der Waals surface area contributed by atoms with Gasteiger partial charge in [-0.15, -0.1) is 10.2 Å². The lowest BCUT2D eigenvalue weighted by Gasteiger charge is -2.13. The first kappa shape index (κ1) is 19.6. The Hall–Kier alpha value is -2.75. The van der Waals surface area contributed by atoms with Gasteiger partial charge in [0.1, 0.15) is 0 Å². The number of hydrogen-bond donors (Lipinski definition) is 1. The first-order valence-electron chi connectivity index (χ1n) is 8.47. The van der Waals surface area contributed by atoms with Crippen LogP contribution < -0.4 is 5.32 Å². The fourth-order valence-corrected chi connectivity index (χ4v) is 4.50. The van der Waals surface area contributed by atoms with E-state index in [1.807, 2.05) is 18.2 Å². The number of carbonyl (C=O) groups is 3. The molecule has 3 aromatic rings. The molecule has 1 aliphatic rings. The molecule has 0 unspecified atom stereocenters. The number of nitrogens with one attached hydrogen (secondary N) is 1. The second-order valence-corrected chi connectivity index (χ2v) is 8.39. The maximum Gasteiger partial charge on any atom is 0.289 e. The van der Waals surface area contributed by atoms with Gasteiger partial charge in [0.2, 0.25) is 11.0 Å². The average molecular weight is 445 g/mol. The van der Waals surface area contributed by atoms with Gasteiger partial charge in [-0.3, -0.25) is 24.6 Å². The van der Waals surface area contributed by atoms with E-state index >= 15 is 0 Å². The van der Waals surface area contributed by atoms with Crippen LogP contribution >= 0.6 is 34.7 Å². The third-order valence-electron chi connectivity index (χ3n) is 4.12. The molecule has 4 rings (SSSR count). The summed E-state index contributed by atoms with van der Waals surface area (Å²) < 4.78 is 0. The van der Waals surface area contributed by atoms with Gasteiger partial charge in [0.05, 0.1) is 17.3 Å². The van der Waals surface area contributed by atoms with Crippen LogP contribution in [0.2, 0.25) is 5.02 Å². The van der Waals surface area contributed by atoms with Crippen LogP contribution in [0.1, 0.15) is 15.9 Å². The summed E-state index contributed by atoms with van der Waals surface area (Å²) in [4.78, 5) is 37.3. The molecule has 0 bridgehead atoms. The Kier molecular flexibility index (Phi) is 5.61. The highest BCUT2D eigenvalue weighted by Crippen LogP contribution is 2.31. The number of anilines is 1. The van der Waals surface area contributed by atoms with Gasteiger partial charge in [-0.2, -0.15) is 0 Å². The van der Waals surface area contributed by atoms with Gasteiger partial charge >= 0.3 is 0 Å². The number of aromatic nitrogens is 2. The molecule has 1 aromatic heterocycles. The zero-order valence-electron chi connectivity index (χ0n) is 14.8. The predicted octanol–water partition coefficient (Wildman–Crippen LogP) is 4.31. The number of carbonyl (C=O) groups excluding carboxylic acids is 3. The van der Waals surface area contributed by atoms with Crippen molar-refractivity contribution in [1.29, 1.82) is 0 Å². The minimum atomic E-state index is -0.359. The van der Waals surface area contributed by atoms with E-state index in [9.17, 15) is 14.4 Å². The van der Waals surface area contributed by atoms with Crippen molar-refractivity contribution in [2.45, 2.75) is 6.54 Å². The van der Waals surface area contributed by atoms with Gasteiger partial charge in [-0.25, -0.2) is 0 Å². The van der Waals surface area contributed by atoms with Crippen LogP contribution in [0, 0.1) is 0 Å². The van der Waals surface area contributed by atoms with E-state index in [0.717, 1.165) is 17.3 Å². The van der Waals surface area contributed by atoms with Gasteiger partial charge in [-0.1, -0.05) is 65.0 Å². The van der Waals surface area contributed by atoms with Crippen molar-refractivity contribution in [3.8, 4) is 10.6 Å². The third kappa shape index (κ3) is 4.31. The molecule has 1 N–H and O–H groups in total. The number of rotatable bonds is 5. The highest BCUT2D eigenvalue weighted by Gasteiger charge is 2.29. The van der Waals surface area contributed by atoms with Crippen LogP contribution in [0.5, 0.6) is 0 Å². The van der Waals surface area contributed by atoms with Gasteiger partial charge < -0.3 is 0 Å². The summed E-state index contributed by atoms with van der Waals surface area (Å²) in [6.07, 6.45) is 0. The summed E-state index contributed by atoms with van der Waals surface area (Å²) >= 11 is 8.37. The van der Waals surface area contributed by atoms with Crippen molar-refractivity contribution >= 4 is 56.9 Å². The summed E-state index contributed by atoms with van der Waals surface area (Å²) in [5, 5.41) is 12.0. The molecule has 1 aliphatic heterocycles. The van der Waals surface area contributed by atoms with E-state index in [-0.39, 0.29) is 29.4 Å². The normalized spacial score (nSPS) is 13.8. The van der Waals surface area contributed by atoms with Crippen molar-refractivity contribution in [3.63, 3.8) is 0 Å². The van der Waals surface area contributed by atoms with Crippen molar-refractivity contribution in [2.75, 3.05) is 11.1 Å². The monoisotopic (exact) mass is 444 g/mol. The number of amides is 3. The number of imide groups is 1. The molecule has 0 atom stereocenters. The fourth-order valence-electron chi connectivity index (χ4n) is 2.71. The molecule has 2 heterocycles. The second-order valence-electron chi connectivity index (χ2n) is 6.08. The molecule has 2 aromatic carbocycles. The number of halogens is 1. The van der Waals surface area contributed by atoms with Crippen molar-refractivity contribution in [3.05, 3.63) is 64.7 Å². The number of thioether (sulfide) groups is 1. The molecule has 10 heteroatoms. The molecule has 1 fully saturated rings. The topological polar surface area (TPSA) is 92.3 Å². The van der Waals surface area contributed by atoms with Crippen LogP contribution in [0.15, 0.2) is 48.5 Å². The van der Waals surface area contributed by atoms with Gasteiger partial charge in [0, 0.05) is 11.1 Å². The Bertz CT molecular complexity index is 1100. The maximum atomic E-state index is 12.6. The quantitative estimate of drug-likeness (QED) is 0.630. The number of hydrogen-bond acceptors (Lipinski definition) is 7. The lowest BCUT2D eigenvalue weighted by atomic mass is 10.1. The summed E-state index contributed by atoms with van der Waals surface area (Å²) in [5.41, 5.74) is 1.83. The van der Waals surface area contributed by atoms with Crippen LogP contribution in [-0.2, 0) is 11.3 Å². The SMILES string of the molecule is O=C(Nc1nnc(-c2ccccc2Cl)s1)c1cccc(CN2C(=O)CSC2=O)c1. The highest BCUT2D eigenvalue weighted by molar-refractivity contribution is 8.14. The van der Waals surface area contributed by atoms with Crippen molar-refractivity contribution < 1.29 is 14.4 Å². The Balaban J connectivity index is 1.47.